The lowest BCUT2D eigenvalue weighted by Gasteiger charge is -2.12. The summed E-state index contributed by atoms with van der Waals surface area (Å²) >= 11 is 0. The molecule has 0 unspecified atom stereocenters. The van der Waals surface area contributed by atoms with Gasteiger partial charge in [-0.25, -0.2) is 9.18 Å². The number of fused-ring (bicyclic) bond motifs is 1. The van der Waals surface area contributed by atoms with Crippen molar-refractivity contribution in [2.75, 3.05) is 6.61 Å². The van der Waals surface area contributed by atoms with Crippen LogP contribution in [-0.2, 0) is 6.42 Å². The number of alkyl halides is 3. The molecule has 0 atom stereocenters. The van der Waals surface area contributed by atoms with Crippen LogP contribution in [0.1, 0.15) is 22.4 Å². The molecular formula is C19H15F4NO3. The largest absolute Gasteiger partial charge is 0.484 e. The van der Waals surface area contributed by atoms with Crippen LogP contribution in [0.5, 0.6) is 5.75 Å². The first-order valence-electron chi connectivity index (χ1n) is 8.01. The van der Waals surface area contributed by atoms with E-state index >= 15 is 0 Å². The molecule has 0 N–H and O–H groups in total. The molecule has 0 saturated carbocycles. The average Bonchev–Trinajstić information content (AvgIpc) is 2.59. The molecule has 0 aliphatic heterocycles. The van der Waals surface area contributed by atoms with Crippen molar-refractivity contribution in [1.29, 1.82) is 0 Å². The molecule has 0 spiro atoms. The fourth-order valence-corrected chi connectivity index (χ4v) is 2.76. The van der Waals surface area contributed by atoms with Crippen molar-refractivity contribution in [3.8, 4) is 5.75 Å². The first-order chi connectivity index (χ1) is 12.7. The number of hydrogen-bond donors (Lipinski definition) is 0. The maximum Gasteiger partial charge on any atom is 0.422 e. The zero-order chi connectivity index (χ0) is 19.8. The van der Waals surface area contributed by atoms with E-state index in [1.54, 1.807) is 6.92 Å². The Balaban J connectivity index is 1.99. The van der Waals surface area contributed by atoms with Gasteiger partial charge in [0, 0.05) is 29.6 Å². The van der Waals surface area contributed by atoms with Gasteiger partial charge in [0.05, 0.1) is 5.69 Å². The van der Waals surface area contributed by atoms with E-state index in [2.05, 4.69) is 9.72 Å². The van der Waals surface area contributed by atoms with Crippen molar-refractivity contribution in [2.45, 2.75) is 26.4 Å². The fraction of sp³-hybridized carbons (Fsp3) is 0.263. The lowest BCUT2D eigenvalue weighted by molar-refractivity contribution is -0.153. The van der Waals surface area contributed by atoms with E-state index in [0.717, 1.165) is 0 Å². The zero-order valence-electron chi connectivity index (χ0n) is 14.5. The molecule has 142 valence electrons. The fourth-order valence-electron chi connectivity index (χ4n) is 2.76. The summed E-state index contributed by atoms with van der Waals surface area (Å²) < 4.78 is 60.9. The summed E-state index contributed by atoms with van der Waals surface area (Å²) in [4.78, 5) is 16.2. The number of pyridine rings is 1. The number of rotatable bonds is 4. The monoisotopic (exact) mass is 381 g/mol. The Labute approximate surface area is 151 Å². The third-order valence-electron chi connectivity index (χ3n) is 4.17. The first-order valence-corrected chi connectivity index (χ1v) is 8.01. The van der Waals surface area contributed by atoms with E-state index in [1.807, 2.05) is 0 Å². The second kappa shape index (κ2) is 7.02. The molecule has 27 heavy (non-hydrogen) atoms. The van der Waals surface area contributed by atoms with Crippen LogP contribution in [0.3, 0.4) is 0 Å². The standard InChI is InChI=1S/C19H15F4NO3/c1-10-14-4-3-13(26-9-19(21,22)23)8-16(14)27-18(25)15(10)7-12-5-6-24-11(2)17(12)20/h3-6,8H,7,9H2,1-2H3. The minimum atomic E-state index is -4.47. The van der Waals surface area contributed by atoms with Gasteiger partial charge in [-0.3, -0.25) is 4.98 Å². The number of halogens is 4. The maximum absolute atomic E-state index is 14.2. The predicted octanol–water partition coefficient (Wildman–Crippen LogP) is 4.48. The van der Waals surface area contributed by atoms with Gasteiger partial charge in [-0.05, 0) is 43.2 Å². The van der Waals surface area contributed by atoms with Crippen LogP contribution >= 0.6 is 0 Å². The number of benzene rings is 1. The summed E-state index contributed by atoms with van der Waals surface area (Å²) in [6.45, 7) is 1.76. The van der Waals surface area contributed by atoms with Crippen LogP contribution in [0.15, 0.2) is 39.7 Å². The molecular weight excluding hydrogens is 366 g/mol. The topological polar surface area (TPSA) is 52.3 Å². The Morgan fingerprint density at radius 2 is 1.93 bits per heavy atom. The van der Waals surface area contributed by atoms with Crippen molar-refractivity contribution in [3.63, 3.8) is 0 Å². The van der Waals surface area contributed by atoms with Crippen LogP contribution in [0.25, 0.3) is 11.0 Å². The minimum Gasteiger partial charge on any atom is -0.484 e. The lowest BCUT2D eigenvalue weighted by atomic mass is 9.99. The SMILES string of the molecule is Cc1nccc(Cc2c(C)c3ccc(OCC(F)(F)F)cc3oc2=O)c1F. The molecule has 4 nitrogen and oxygen atoms in total. The van der Waals surface area contributed by atoms with Crippen LogP contribution < -0.4 is 10.4 Å². The van der Waals surface area contributed by atoms with Crippen LogP contribution in [-0.4, -0.2) is 17.8 Å². The van der Waals surface area contributed by atoms with E-state index in [9.17, 15) is 22.4 Å². The zero-order valence-corrected chi connectivity index (χ0v) is 14.5. The minimum absolute atomic E-state index is 0.0195. The normalized spacial score (nSPS) is 11.8. The molecule has 2 heterocycles. The van der Waals surface area contributed by atoms with Crippen molar-refractivity contribution < 1.29 is 26.7 Å². The Bertz CT molecular complexity index is 1060. The van der Waals surface area contributed by atoms with Crippen molar-refractivity contribution >= 4 is 11.0 Å². The molecule has 8 heteroatoms. The highest BCUT2D eigenvalue weighted by Crippen LogP contribution is 2.27. The second-order valence-corrected chi connectivity index (χ2v) is 6.10. The molecule has 0 fully saturated rings. The molecule has 0 aliphatic carbocycles. The van der Waals surface area contributed by atoms with Crippen LogP contribution in [0.2, 0.25) is 0 Å². The number of aryl methyl sites for hydroxylation is 2. The second-order valence-electron chi connectivity index (χ2n) is 6.10. The van der Waals surface area contributed by atoms with Crippen molar-refractivity contribution in [3.05, 3.63) is 69.1 Å². The molecule has 0 saturated heterocycles. The third kappa shape index (κ3) is 4.10. The van der Waals surface area contributed by atoms with E-state index < -0.39 is 24.2 Å². The average molecular weight is 381 g/mol. The van der Waals surface area contributed by atoms with E-state index in [4.69, 9.17) is 4.42 Å². The molecule has 0 amide bonds. The van der Waals surface area contributed by atoms with E-state index in [-0.39, 0.29) is 29.0 Å². The number of ether oxygens (including phenoxy) is 1. The van der Waals surface area contributed by atoms with Gasteiger partial charge in [-0.1, -0.05) is 0 Å². The Morgan fingerprint density at radius 3 is 2.63 bits per heavy atom. The van der Waals surface area contributed by atoms with Crippen LogP contribution in [0, 0.1) is 19.7 Å². The van der Waals surface area contributed by atoms with Gasteiger partial charge in [0.25, 0.3) is 0 Å². The summed E-state index contributed by atoms with van der Waals surface area (Å²) in [6, 6.07) is 5.59. The Morgan fingerprint density at radius 1 is 1.19 bits per heavy atom. The van der Waals surface area contributed by atoms with Crippen molar-refractivity contribution in [2.24, 2.45) is 0 Å². The predicted molar refractivity (Wildman–Crippen MR) is 90.5 cm³/mol. The highest BCUT2D eigenvalue weighted by Gasteiger charge is 2.28. The number of aromatic nitrogens is 1. The smallest absolute Gasteiger partial charge is 0.422 e. The molecule has 3 rings (SSSR count). The maximum atomic E-state index is 14.2. The molecule has 1 aromatic carbocycles. The van der Waals surface area contributed by atoms with Gasteiger partial charge in [0.2, 0.25) is 0 Å². The van der Waals surface area contributed by atoms with E-state index in [1.165, 1.54) is 37.4 Å². The molecule has 2 aromatic heterocycles. The summed E-state index contributed by atoms with van der Waals surface area (Å²) in [5.41, 5.74) is 0.798. The van der Waals surface area contributed by atoms with Gasteiger partial charge in [-0.2, -0.15) is 13.2 Å². The summed E-state index contributed by atoms with van der Waals surface area (Å²) in [7, 11) is 0. The van der Waals surface area contributed by atoms with Gasteiger partial charge < -0.3 is 9.15 Å². The highest BCUT2D eigenvalue weighted by molar-refractivity contribution is 5.82. The number of nitrogens with zero attached hydrogens (tertiary/aromatic N) is 1. The lowest BCUT2D eigenvalue weighted by Crippen LogP contribution is -2.19. The Kier molecular flexibility index (Phi) is 4.91. The molecule has 0 radical (unpaired) electrons. The number of hydrogen-bond acceptors (Lipinski definition) is 4. The molecule has 0 bridgehead atoms. The Hall–Kier alpha value is -2.90. The van der Waals surface area contributed by atoms with Gasteiger partial charge in [0.1, 0.15) is 17.1 Å². The highest BCUT2D eigenvalue weighted by atomic mass is 19.4. The van der Waals surface area contributed by atoms with Crippen LogP contribution in [0.4, 0.5) is 17.6 Å². The summed E-state index contributed by atoms with van der Waals surface area (Å²) in [6.07, 6.45) is -3.00. The quantitative estimate of drug-likeness (QED) is 0.494. The molecule has 3 aromatic rings. The van der Waals surface area contributed by atoms with Gasteiger partial charge >= 0.3 is 11.8 Å². The summed E-state index contributed by atoms with van der Waals surface area (Å²) in [5.74, 6) is -0.557. The molecule has 0 aliphatic rings. The third-order valence-corrected chi connectivity index (χ3v) is 4.17. The first kappa shape index (κ1) is 18.9. The van der Waals surface area contributed by atoms with Gasteiger partial charge in [-0.15, -0.1) is 0 Å². The van der Waals surface area contributed by atoms with Crippen molar-refractivity contribution in [1.82, 2.24) is 4.98 Å². The van der Waals surface area contributed by atoms with Gasteiger partial charge in [0.15, 0.2) is 6.61 Å². The van der Waals surface area contributed by atoms with E-state index in [0.29, 0.717) is 16.5 Å². The summed E-state index contributed by atoms with van der Waals surface area (Å²) in [5, 5.41) is 0.537.